The van der Waals surface area contributed by atoms with Gasteiger partial charge in [0.1, 0.15) is 5.52 Å². The van der Waals surface area contributed by atoms with Gasteiger partial charge in [0.2, 0.25) is 0 Å². The Morgan fingerprint density at radius 1 is 1.16 bits per heavy atom. The molecule has 0 atom stereocenters. The summed E-state index contributed by atoms with van der Waals surface area (Å²) in [6.07, 6.45) is 7.80. The van der Waals surface area contributed by atoms with Gasteiger partial charge in [0.15, 0.2) is 0 Å². The zero-order valence-electron chi connectivity index (χ0n) is 10.8. The molecular formula is C14H18BrN3O. The number of hydrogen-bond donors (Lipinski definition) is 2. The highest BCUT2D eigenvalue weighted by molar-refractivity contribution is 9.10. The number of rotatable bonds is 7. The smallest absolute Gasteiger partial charge is 0.112 e. The lowest BCUT2D eigenvalue weighted by atomic mass is 10.2. The first kappa shape index (κ1) is 14.2. The molecule has 0 aliphatic rings. The summed E-state index contributed by atoms with van der Waals surface area (Å²) in [4.78, 5) is 8.72. The van der Waals surface area contributed by atoms with Gasteiger partial charge in [-0.1, -0.05) is 12.8 Å². The van der Waals surface area contributed by atoms with Crippen LogP contribution in [0.3, 0.4) is 0 Å². The van der Waals surface area contributed by atoms with Crippen LogP contribution in [0.5, 0.6) is 0 Å². The van der Waals surface area contributed by atoms with Crippen LogP contribution in [0.25, 0.3) is 11.0 Å². The monoisotopic (exact) mass is 323 g/mol. The molecule has 0 aliphatic carbocycles. The Bertz CT molecular complexity index is 533. The van der Waals surface area contributed by atoms with Crippen molar-refractivity contribution >= 4 is 32.7 Å². The zero-order chi connectivity index (χ0) is 13.5. The van der Waals surface area contributed by atoms with Gasteiger partial charge in [0.25, 0.3) is 0 Å². The average Bonchev–Trinajstić information content (AvgIpc) is 2.42. The molecule has 5 heteroatoms. The Morgan fingerprint density at radius 2 is 2.00 bits per heavy atom. The first-order chi connectivity index (χ1) is 9.31. The van der Waals surface area contributed by atoms with E-state index in [0.717, 1.165) is 53.4 Å². The highest BCUT2D eigenvalue weighted by Gasteiger charge is 2.03. The average molecular weight is 324 g/mol. The maximum Gasteiger partial charge on any atom is 0.112 e. The van der Waals surface area contributed by atoms with E-state index in [1.807, 2.05) is 12.1 Å². The summed E-state index contributed by atoms with van der Waals surface area (Å²) < 4.78 is 0.939. The van der Waals surface area contributed by atoms with E-state index in [2.05, 4.69) is 31.2 Å². The molecule has 0 unspecified atom stereocenters. The molecule has 0 radical (unpaired) electrons. The number of aliphatic hydroxyl groups excluding tert-OH is 1. The van der Waals surface area contributed by atoms with Crippen LogP contribution in [0, 0.1) is 0 Å². The Hall–Kier alpha value is -1.20. The van der Waals surface area contributed by atoms with Gasteiger partial charge in [-0.25, -0.2) is 0 Å². The molecule has 19 heavy (non-hydrogen) atoms. The molecule has 0 bridgehead atoms. The van der Waals surface area contributed by atoms with E-state index < -0.39 is 0 Å². The van der Waals surface area contributed by atoms with Crippen LogP contribution in [0.2, 0.25) is 0 Å². The summed E-state index contributed by atoms with van der Waals surface area (Å²) in [5.41, 5.74) is 2.82. The maximum absolute atomic E-state index is 8.71. The fourth-order valence-corrected chi connectivity index (χ4v) is 2.28. The Balaban J connectivity index is 1.93. The summed E-state index contributed by atoms with van der Waals surface area (Å²) in [5.74, 6) is 0. The number of anilines is 1. The number of unbranched alkanes of at least 4 members (excludes halogenated alkanes) is 3. The van der Waals surface area contributed by atoms with Crippen LogP contribution in [-0.4, -0.2) is 28.2 Å². The van der Waals surface area contributed by atoms with Gasteiger partial charge >= 0.3 is 0 Å². The third-order valence-electron chi connectivity index (χ3n) is 2.94. The number of nitrogens with zero attached hydrogens (tertiary/aromatic N) is 2. The van der Waals surface area contributed by atoms with Crippen molar-refractivity contribution in [2.45, 2.75) is 25.7 Å². The summed E-state index contributed by atoms with van der Waals surface area (Å²) in [5, 5.41) is 12.1. The molecule has 2 aromatic heterocycles. The Morgan fingerprint density at radius 3 is 2.84 bits per heavy atom. The zero-order valence-corrected chi connectivity index (χ0v) is 12.4. The van der Waals surface area contributed by atoms with E-state index in [1.54, 1.807) is 12.4 Å². The standard InChI is InChI=1S/C14H18BrN3O/c15-11-9-13-14(18-10-11)12(5-7-17-13)16-6-3-1-2-4-8-19/h5,7,9-10,19H,1-4,6,8H2,(H,16,17). The van der Waals surface area contributed by atoms with Gasteiger partial charge in [0, 0.05) is 30.0 Å². The first-order valence-corrected chi connectivity index (χ1v) is 7.35. The number of nitrogens with one attached hydrogen (secondary N) is 1. The first-order valence-electron chi connectivity index (χ1n) is 6.56. The van der Waals surface area contributed by atoms with Crippen molar-refractivity contribution in [2.75, 3.05) is 18.5 Å². The third-order valence-corrected chi connectivity index (χ3v) is 3.38. The van der Waals surface area contributed by atoms with Crippen LogP contribution in [0.4, 0.5) is 5.69 Å². The minimum atomic E-state index is 0.293. The molecule has 2 heterocycles. The predicted molar refractivity (Wildman–Crippen MR) is 81.3 cm³/mol. The Labute approximate surface area is 121 Å². The molecule has 0 amide bonds. The lowest BCUT2D eigenvalue weighted by Gasteiger charge is -2.08. The summed E-state index contributed by atoms with van der Waals surface area (Å²) >= 11 is 3.40. The fraction of sp³-hybridized carbons (Fsp3) is 0.429. The Kier molecular flexibility index (Phi) is 5.54. The van der Waals surface area contributed by atoms with Crippen LogP contribution < -0.4 is 5.32 Å². The van der Waals surface area contributed by atoms with E-state index in [1.165, 1.54) is 0 Å². The predicted octanol–water partition coefficient (Wildman–Crippen LogP) is 3.36. The number of halogens is 1. The number of hydrogen-bond acceptors (Lipinski definition) is 4. The number of aliphatic hydroxyl groups is 1. The second kappa shape index (κ2) is 7.40. The molecule has 0 saturated heterocycles. The third kappa shape index (κ3) is 4.14. The highest BCUT2D eigenvalue weighted by atomic mass is 79.9. The number of fused-ring (bicyclic) bond motifs is 1. The molecule has 4 nitrogen and oxygen atoms in total. The molecule has 0 aromatic carbocycles. The van der Waals surface area contributed by atoms with E-state index in [-0.39, 0.29) is 0 Å². The van der Waals surface area contributed by atoms with Crippen molar-refractivity contribution in [3.63, 3.8) is 0 Å². The number of pyridine rings is 2. The minimum Gasteiger partial charge on any atom is -0.396 e. The minimum absolute atomic E-state index is 0.293. The van der Waals surface area contributed by atoms with Gasteiger partial charge < -0.3 is 10.4 Å². The molecule has 0 saturated carbocycles. The van der Waals surface area contributed by atoms with E-state index in [0.29, 0.717) is 6.61 Å². The summed E-state index contributed by atoms with van der Waals surface area (Å²) in [6, 6.07) is 3.92. The lowest BCUT2D eigenvalue weighted by molar-refractivity contribution is 0.283. The maximum atomic E-state index is 8.71. The van der Waals surface area contributed by atoms with Crippen molar-refractivity contribution in [1.82, 2.24) is 9.97 Å². The molecule has 0 aliphatic heterocycles. The summed E-state index contributed by atoms with van der Waals surface area (Å²) in [7, 11) is 0. The van der Waals surface area contributed by atoms with Crippen LogP contribution in [-0.2, 0) is 0 Å². The molecular weight excluding hydrogens is 306 g/mol. The fourth-order valence-electron chi connectivity index (χ4n) is 1.96. The SMILES string of the molecule is OCCCCCCNc1ccnc2cc(Br)cnc12. The second-order valence-corrected chi connectivity index (χ2v) is 5.36. The van der Waals surface area contributed by atoms with Gasteiger partial charge in [-0.05, 0) is 40.9 Å². The highest BCUT2D eigenvalue weighted by Crippen LogP contribution is 2.21. The topological polar surface area (TPSA) is 58.0 Å². The normalized spacial score (nSPS) is 10.8. The van der Waals surface area contributed by atoms with Gasteiger partial charge in [-0.3, -0.25) is 9.97 Å². The largest absolute Gasteiger partial charge is 0.396 e. The number of aromatic nitrogens is 2. The second-order valence-electron chi connectivity index (χ2n) is 4.44. The van der Waals surface area contributed by atoms with Crippen molar-refractivity contribution in [2.24, 2.45) is 0 Å². The van der Waals surface area contributed by atoms with Gasteiger partial charge in [-0.2, -0.15) is 0 Å². The molecule has 102 valence electrons. The van der Waals surface area contributed by atoms with Crippen molar-refractivity contribution in [1.29, 1.82) is 0 Å². The summed E-state index contributed by atoms with van der Waals surface area (Å²) in [6.45, 7) is 1.21. The van der Waals surface area contributed by atoms with Crippen molar-refractivity contribution in [3.05, 3.63) is 29.0 Å². The van der Waals surface area contributed by atoms with Gasteiger partial charge in [0.05, 0.1) is 11.2 Å². The van der Waals surface area contributed by atoms with E-state index >= 15 is 0 Å². The van der Waals surface area contributed by atoms with Crippen LogP contribution in [0.1, 0.15) is 25.7 Å². The molecule has 2 rings (SSSR count). The van der Waals surface area contributed by atoms with E-state index in [9.17, 15) is 0 Å². The molecule has 2 N–H and O–H groups in total. The van der Waals surface area contributed by atoms with Gasteiger partial charge in [-0.15, -0.1) is 0 Å². The van der Waals surface area contributed by atoms with Crippen LogP contribution in [0.15, 0.2) is 29.0 Å². The molecule has 0 spiro atoms. The quantitative estimate of drug-likeness (QED) is 0.767. The van der Waals surface area contributed by atoms with Crippen LogP contribution >= 0.6 is 15.9 Å². The van der Waals surface area contributed by atoms with Crippen molar-refractivity contribution < 1.29 is 5.11 Å². The lowest BCUT2D eigenvalue weighted by Crippen LogP contribution is -2.03. The van der Waals surface area contributed by atoms with Crippen molar-refractivity contribution in [3.8, 4) is 0 Å². The molecule has 0 fully saturated rings. The van der Waals surface area contributed by atoms with E-state index in [4.69, 9.17) is 5.11 Å². The molecule has 2 aromatic rings.